The zero-order valence-electron chi connectivity index (χ0n) is 9.56. The molecule has 0 saturated heterocycles. The van der Waals surface area contributed by atoms with E-state index in [2.05, 4.69) is 5.32 Å². The van der Waals surface area contributed by atoms with E-state index in [0.29, 0.717) is 6.54 Å². The first-order chi connectivity index (χ1) is 7.54. The van der Waals surface area contributed by atoms with Gasteiger partial charge in [-0.05, 0) is 25.0 Å². The lowest BCUT2D eigenvalue weighted by Crippen LogP contribution is -2.28. The zero-order chi connectivity index (χ0) is 12.1. The summed E-state index contributed by atoms with van der Waals surface area (Å²) in [7, 11) is 0. The Morgan fingerprint density at radius 3 is 2.75 bits per heavy atom. The highest BCUT2D eigenvalue weighted by Crippen LogP contribution is 2.20. The normalized spacial score (nSPS) is 12.2. The molecule has 0 aliphatic rings. The van der Waals surface area contributed by atoms with Crippen LogP contribution < -0.4 is 11.1 Å². The SMILES string of the molecule is CCC(N)CNc1ccc([N+](=O)[O-])cc1C. The van der Waals surface area contributed by atoms with Crippen LogP contribution in [0.15, 0.2) is 18.2 Å². The summed E-state index contributed by atoms with van der Waals surface area (Å²) in [4.78, 5) is 10.1. The molecule has 1 atom stereocenters. The molecule has 16 heavy (non-hydrogen) atoms. The molecule has 0 bridgehead atoms. The molecule has 88 valence electrons. The Labute approximate surface area is 94.8 Å². The lowest BCUT2D eigenvalue weighted by atomic mass is 10.1. The molecule has 0 saturated carbocycles. The van der Waals surface area contributed by atoms with Crippen LogP contribution in [0.25, 0.3) is 0 Å². The van der Waals surface area contributed by atoms with E-state index in [1.54, 1.807) is 12.1 Å². The molecule has 0 spiro atoms. The van der Waals surface area contributed by atoms with E-state index in [1.165, 1.54) is 6.07 Å². The summed E-state index contributed by atoms with van der Waals surface area (Å²) in [6, 6.07) is 4.87. The predicted molar refractivity (Wildman–Crippen MR) is 64.6 cm³/mol. The van der Waals surface area contributed by atoms with E-state index in [9.17, 15) is 10.1 Å². The minimum Gasteiger partial charge on any atom is -0.383 e. The smallest absolute Gasteiger partial charge is 0.269 e. The number of hydrogen-bond acceptors (Lipinski definition) is 4. The summed E-state index contributed by atoms with van der Waals surface area (Å²) in [5, 5.41) is 13.7. The lowest BCUT2D eigenvalue weighted by molar-refractivity contribution is -0.384. The van der Waals surface area contributed by atoms with Crippen molar-refractivity contribution in [1.29, 1.82) is 0 Å². The number of nitro groups is 1. The molecule has 5 nitrogen and oxygen atoms in total. The third kappa shape index (κ3) is 3.20. The number of nitrogens with zero attached hydrogens (tertiary/aromatic N) is 1. The first-order valence-corrected chi connectivity index (χ1v) is 5.29. The molecule has 0 aromatic heterocycles. The van der Waals surface area contributed by atoms with Crippen LogP contribution in [-0.4, -0.2) is 17.5 Å². The minimum atomic E-state index is -0.394. The predicted octanol–water partition coefficient (Wildman–Crippen LogP) is 2.05. The average molecular weight is 223 g/mol. The van der Waals surface area contributed by atoms with Gasteiger partial charge in [-0.2, -0.15) is 0 Å². The molecule has 0 fully saturated rings. The molecule has 5 heteroatoms. The minimum absolute atomic E-state index is 0.106. The number of non-ortho nitro benzene ring substituents is 1. The monoisotopic (exact) mass is 223 g/mol. The van der Waals surface area contributed by atoms with Gasteiger partial charge in [-0.25, -0.2) is 0 Å². The quantitative estimate of drug-likeness (QED) is 0.591. The number of anilines is 1. The van der Waals surface area contributed by atoms with Gasteiger partial charge in [0.2, 0.25) is 0 Å². The van der Waals surface area contributed by atoms with Crippen molar-refractivity contribution in [1.82, 2.24) is 0 Å². The van der Waals surface area contributed by atoms with Crippen LogP contribution in [0.5, 0.6) is 0 Å². The van der Waals surface area contributed by atoms with Crippen molar-refractivity contribution in [2.45, 2.75) is 26.3 Å². The van der Waals surface area contributed by atoms with E-state index in [4.69, 9.17) is 5.73 Å². The van der Waals surface area contributed by atoms with Crippen molar-refractivity contribution in [3.63, 3.8) is 0 Å². The fourth-order valence-electron chi connectivity index (χ4n) is 1.35. The zero-order valence-corrected chi connectivity index (χ0v) is 9.56. The molecule has 0 heterocycles. The van der Waals surface area contributed by atoms with E-state index >= 15 is 0 Å². The maximum absolute atomic E-state index is 10.5. The Kier molecular flexibility index (Phi) is 4.25. The second kappa shape index (κ2) is 5.46. The lowest BCUT2D eigenvalue weighted by Gasteiger charge is -2.13. The Morgan fingerprint density at radius 2 is 2.25 bits per heavy atom. The molecular weight excluding hydrogens is 206 g/mol. The van der Waals surface area contributed by atoms with Gasteiger partial charge in [-0.15, -0.1) is 0 Å². The Bertz CT molecular complexity index is 379. The third-order valence-corrected chi connectivity index (χ3v) is 2.50. The van der Waals surface area contributed by atoms with E-state index < -0.39 is 4.92 Å². The summed E-state index contributed by atoms with van der Waals surface area (Å²) in [6.45, 7) is 4.54. The molecule has 0 radical (unpaired) electrons. The van der Waals surface area contributed by atoms with E-state index in [-0.39, 0.29) is 11.7 Å². The third-order valence-electron chi connectivity index (χ3n) is 2.50. The molecule has 1 rings (SSSR count). The van der Waals surface area contributed by atoms with Gasteiger partial charge in [-0.3, -0.25) is 10.1 Å². The number of rotatable bonds is 5. The van der Waals surface area contributed by atoms with Crippen LogP contribution in [0, 0.1) is 17.0 Å². The van der Waals surface area contributed by atoms with Gasteiger partial charge < -0.3 is 11.1 Å². The Balaban J connectivity index is 2.72. The van der Waals surface area contributed by atoms with Crippen LogP contribution in [-0.2, 0) is 0 Å². The van der Waals surface area contributed by atoms with Crippen LogP contribution >= 0.6 is 0 Å². The highest BCUT2D eigenvalue weighted by Gasteiger charge is 2.08. The second-order valence-electron chi connectivity index (χ2n) is 3.81. The van der Waals surface area contributed by atoms with E-state index in [1.807, 2.05) is 13.8 Å². The van der Waals surface area contributed by atoms with Crippen LogP contribution in [0.3, 0.4) is 0 Å². The highest BCUT2D eigenvalue weighted by atomic mass is 16.6. The van der Waals surface area contributed by atoms with Gasteiger partial charge in [-0.1, -0.05) is 6.92 Å². The van der Waals surface area contributed by atoms with E-state index in [0.717, 1.165) is 17.7 Å². The van der Waals surface area contributed by atoms with Crippen molar-refractivity contribution in [2.24, 2.45) is 5.73 Å². The van der Waals surface area contributed by atoms with Crippen LogP contribution in [0.2, 0.25) is 0 Å². The van der Waals surface area contributed by atoms with Crippen molar-refractivity contribution in [3.05, 3.63) is 33.9 Å². The number of aryl methyl sites for hydroxylation is 1. The van der Waals surface area contributed by atoms with Gasteiger partial charge in [0.05, 0.1) is 4.92 Å². The molecule has 3 N–H and O–H groups in total. The fourth-order valence-corrected chi connectivity index (χ4v) is 1.35. The van der Waals surface area contributed by atoms with Gasteiger partial charge in [0.1, 0.15) is 0 Å². The topological polar surface area (TPSA) is 81.2 Å². The van der Waals surface area contributed by atoms with Crippen LogP contribution in [0.4, 0.5) is 11.4 Å². The molecular formula is C11H17N3O2. The van der Waals surface area contributed by atoms with Crippen molar-refractivity contribution in [3.8, 4) is 0 Å². The average Bonchev–Trinajstić information content (AvgIpc) is 2.26. The summed E-state index contributed by atoms with van der Waals surface area (Å²) in [5.74, 6) is 0. The molecule has 1 aromatic carbocycles. The largest absolute Gasteiger partial charge is 0.383 e. The maximum atomic E-state index is 10.5. The first-order valence-electron chi connectivity index (χ1n) is 5.29. The molecule has 0 aliphatic carbocycles. The van der Waals surface area contributed by atoms with Gasteiger partial charge in [0.25, 0.3) is 5.69 Å². The number of nitrogens with two attached hydrogens (primary N) is 1. The summed E-state index contributed by atoms with van der Waals surface area (Å²) < 4.78 is 0. The summed E-state index contributed by atoms with van der Waals surface area (Å²) in [6.07, 6.45) is 0.902. The molecule has 1 aromatic rings. The molecule has 1 unspecified atom stereocenters. The van der Waals surface area contributed by atoms with Gasteiger partial charge in [0.15, 0.2) is 0 Å². The summed E-state index contributed by atoms with van der Waals surface area (Å²) in [5.41, 5.74) is 7.65. The van der Waals surface area contributed by atoms with Crippen LogP contribution in [0.1, 0.15) is 18.9 Å². The standard InChI is InChI=1S/C11H17N3O2/c1-3-9(12)7-13-11-5-4-10(14(15)16)6-8(11)2/h4-6,9,13H,3,7,12H2,1-2H3. The maximum Gasteiger partial charge on any atom is 0.269 e. The number of nitro benzene ring substituents is 1. The number of nitrogens with one attached hydrogen (secondary N) is 1. The summed E-state index contributed by atoms with van der Waals surface area (Å²) >= 11 is 0. The van der Waals surface area contributed by atoms with Gasteiger partial charge >= 0.3 is 0 Å². The van der Waals surface area contributed by atoms with Gasteiger partial charge in [0, 0.05) is 30.4 Å². The number of hydrogen-bond donors (Lipinski definition) is 2. The first kappa shape index (κ1) is 12.4. The van der Waals surface area contributed by atoms with Crippen molar-refractivity contribution < 1.29 is 4.92 Å². The van der Waals surface area contributed by atoms with Crippen molar-refractivity contribution >= 4 is 11.4 Å². The fraction of sp³-hybridized carbons (Fsp3) is 0.455. The van der Waals surface area contributed by atoms with Crippen molar-refractivity contribution in [2.75, 3.05) is 11.9 Å². The molecule has 0 amide bonds. The number of benzene rings is 1. The Hall–Kier alpha value is -1.62. The second-order valence-corrected chi connectivity index (χ2v) is 3.81. The Morgan fingerprint density at radius 1 is 1.56 bits per heavy atom. The molecule has 0 aliphatic heterocycles. The highest BCUT2D eigenvalue weighted by molar-refractivity contribution is 5.55.